The second-order valence-corrected chi connectivity index (χ2v) is 6.89. The molecule has 0 aliphatic carbocycles. The molecule has 4 rings (SSSR count). The van der Waals surface area contributed by atoms with Gasteiger partial charge in [-0.1, -0.05) is 6.07 Å². The van der Waals surface area contributed by atoms with Crippen molar-refractivity contribution in [3.63, 3.8) is 0 Å². The second-order valence-electron chi connectivity index (χ2n) is 6.89. The monoisotopic (exact) mass is 380 g/mol. The molecule has 0 radical (unpaired) electrons. The van der Waals surface area contributed by atoms with Crippen molar-refractivity contribution in [3.05, 3.63) is 70.7 Å². The van der Waals surface area contributed by atoms with E-state index in [9.17, 15) is 14.4 Å². The van der Waals surface area contributed by atoms with E-state index in [1.54, 1.807) is 35.4 Å². The van der Waals surface area contributed by atoms with Crippen molar-refractivity contribution in [2.75, 3.05) is 19.6 Å². The molecule has 2 amide bonds. The number of likely N-dealkylation sites (tertiary alicyclic amines) is 1. The van der Waals surface area contributed by atoms with Crippen molar-refractivity contribution in [3.8, 4) is 0 Å². The fraction of sp³-hybridized carbons (Fsp3) is 0.300. The first-order valence-electron chi connectivity index (χ1n) is 9.19. The van der Waals surface area contributed by atoms with Crippen LogP contribution >= 0.6 is 0 Å². The molecule has 0 unspecified atom stereocenters. The Hall–Kier alpha value is -3.42. The number of rotatable bonds is 4. The first-order chi connectivity index (χ1) is 13.6. The van der Waals surface area contributed by atoms with E-state index < -0.39 is 11.5 Å². The normalized spacial score (nSPS) is 16.9. The molecule has 0 bridgehead atoms. The summed E-state index contributed by atoms with van der Waals surface area (Å²) in [6, 6.07) is 6.84. The average molecular weight is 380 g/mol. The Bertz CT molecular complexity index is 1060. The molecule has 1 fully saturated rings. The van der Waals surface area contributed by atoms with E-state index in [2.05, 4.69) is 10.3 Å². The van der Waals surface area contributed by atoms with Gasteiger partial charge in [0.2, 0.25) is 0 Å². The lowest BCUT2D eigenvalue weighted by atomic mass is 9.97. The van der Waals surface area contributed by atoms with Crippen LogP contribution in [0.15, 0.2) is 58.4 Å². The molecule has 1 atom stereocenters. The molecule has 1 saturated heterocycles. The van der Waals surface area contributed by atoms with E-state index in [-0.39, 0.29) is 17.4 Å². The second kappa shape index (κ2) is 7.67. The molecule has 0 aromatic carbocycles. The van der Waals surface area contributed by atoms with Gasteiger partial charge in [-0.3, -0.25) is 18.8 Å². The lowest BCUT2D eigenvalue weighted by Gasteiger charge is -2.32. The zero-order valence-corrected chi connectivity index (χ0v) is 15.2. The van der Waals surface area contributed by atoms with E-state index in [1.807, 2.05) is 0 Å². The number of pyridine rings is 1. The van der Waals surface area contributed by atoms with Gasteiger partial charge >= 0.3 is 0 Å². The maximum atomic E-state index is 12.5. The predicted molar refractivity (Wildman–Crippen MR) is 101 cm³/mol. The molecular formula is C20H20N4O4. The van der Waals surface area contributed by atoms with Gasteiger partial charge in [-0.15, -0.1) is 0 Å². The van der Waals surface area contributed by atoms with Crippen LogP contribution in [0.4, 0.5) is 0 Å². The lowest BCUT2D eigenvalue weighted by molar-refractivity contribution is 0.0670. The average Bonchev–Trinajstić information content (AvgIpc) is 3.27. The van der Waals surface area contributed by atoms with Crippen LogP contribution in [0, 0.1) is 5.92 Å². The summed E-state index contributed by atoms with van der Waals surface area (Å²) >= 11 is 0. The van der Waals surface area contributed by atoms with Crippen molar-refractivity contribution < 1.29 is 14.0 Å². The number of fused-ring (bicyclic) bond motifs is 1. The number of hydrogen-bond donors (Lipinski definition) is 1. The minimum Gasteiger partial charge on any atom is -0.472 e. The van der Waals surface area contributed by atoms with Crippen molar-refractivity contribution in [1.82, 2.24) is 19.6 Å². The van der Waals surface area contributed by atoms with Gasteiger partial charge in [0, 0.05) is 32.0 Å². The summed E-state index contributed by atoms with van der Waals surface area (Å²) in [7, 11) is 0. The van der Waals surface area contributed by atoms with Crippen LogP contribution in [-0.4, -0.2) is 45.7 Å². The number of carbonyl (C=O) groups excluding carboxylic acids is 2. The SMILES string of the molecule is O=C(NC[C@H]1CCCN(C(=O)c2ccoc2)C1)c1cnc2ccccn2c1=O. The van der Waals surface area contributed by atoms with Crippen LogP contribution in [0.1, 0.15) is 33.6 Å². The van der Waals surface area contributed by atoms with E-state index in [4.69, 9.17) is 4.42 Å². The predicted octanol–water partition coefficient (Wildman–Crippen LogP) is 1.57. The maximum Gasteiger partial charge on any atom is 0.270 e. The summed E-state index contributed by atoms with van der Waals surface area (Å²) in [5.74, 6) is -0.388. The lowest BCUT2D eigenvalue weighted by Crippen LogP contribution is -2.44. The Morgan fingerprint density at radius 3 is 3.00 bits per heavy atom. The minimum atomic E-state index is -0.450. The summed E-state index contributed by atoms with van der Waals surface area (Å²) in [4.78, 5) is 43.4. The maximum absolute atomic E-state index is 12.5. The molecular weight excluding hydrogens is 360 g/mol. The molecule has 144 valence electrons. The van der Waals surface area contributed by atoms with Gasteiger partial charge in [-0.05, 0) is 37.0 Å². The number of aromatic nitrogens is 2. The Balaban J connectivity index is 1.40. The largest absolute Gasteiger partial charge is 0.472 e. The molecule has 1 N–H and O–H groups in total. The molecule has 3 aromatic heterocycles. The smallest absolute Gasteiger partial charge is 0.270 e. The van der Waals surface area contributed by atoms with Crippen molar-refractivity contribution >= 4 is 17.5 Å². The van der Waals surface area contributed by atoms with E-state index in [0.717, 1.165) is 12.8 Å². The Labute approximate surface area is 160 Å². The highest BCUT2D eigenvalue weighted by atomic mass is 16.3. The Kier molecular flexibility index (Phi) is 4.92. The molecule has 8 nitrogen and oxygen atoms in total. The van der Waals surface area contributed by atoms with Gasteiger partial charge < -0.3 is 14.6 Å². The first-order valence-corrected chi connectivity index (χ1v) is 9.19. The van der Waals surface area contributed by atoms with E-state index in [1.165, 1.54) is 23.1 Å². The number of carbonyl (C=O) groups is 2. The molecule has 4 heterocycles. The van der Waals surface area contributed by atoms with Crippen LogP contribution < -0.4 is 10.9 Å². The van der Waals surface area contributed by atoms with Crippen LogP contribution in [0.3, 0.4) is 0 Å². The Morgan fingerprint density at radius 2 is 2.18 bits per heavy atom. The molecule has 3 aromatic rings. The van der Waals surface area contributed by atoms with Crippen molar-refractivity contribution in [2.45, 2.75) is 12.8 Å². The van der Waals surface area contributed by atoms with E-state index >= 15 is 0 Å². The third-order valence-electron chi connectivity index (χ3n) is 4.98. The van der Waals surface area contributed by atoms with Crippen LogP contribution in [0.25, 0.3) is 5.65 Å². The molecule has 28 heavy (non-hydrogen) atoms. The minimum absolute atomic E-state index is 0.00541. The van der Waals surface area contributed by atoms with Gasteiger partial charge in [0.05, 0.1) is 11.8 Å². The third kappa shape index (κ3) is 3.53. The third-order valence-corrected chi connectivity index (χ3v) is 4.98. The zero-order chi connectivity index (χ0) is 19.5. The quantitative estimate of drug-likeness (QED) is 0.741. The zero-order valence-electron chi connectivity index (χ0n) is 15.2. The fourth-order valence-electron chi connectivity index (χ4n) is 3.50. The number of piperidine rings is 1. The fourth-order valence-corrected chi connectivity index (χ4v) is 3.50. The first kappa shape index (κ1) is 18.0. The highest BCUT2D eigenvalue weighted by Crippen LogP contribution is 2.18. The standard InChI is InChI=1S/C20H20N4O4/c25-18(16-11-21-17-5-1-2-8-24(17)20(16)27)22-10-14-4-3-7-23(12-14)19(26)15-6-9-28-13-15/h1-2,5-6,8-9,11,13-14H,3-4,7,10,12H2,(H,22,25)/t14-/m1/s1. The Morgan fingerprint density at radius 1 is 1.29 bits per heavy atom. The number of furan rings is 1. The van der Waals surface area contributed by atoms with E-state index in [0.29, 0.717) is 30.8 Å². The summed E-state index contributed by atoms with van der Waals surface area (Å²) < 4.78 is 6.33. The molecule has 0 spiro atoms. The number of nitrogens with zero attached hydrogens (tertiary/aromatic N) is 3. The van der Waals surface area contributed by atoms with Gasteiger partial charge in [-0.25, -0.2) is 4.98 Å². The number of amides is 2. The molecule has 1 aliphatic heterocycles. The van der Waals surface area contributed by atoms with Gasteiger partial charge in [0.1, 0.15) is 17.5 Å². The molecule has 1 aliphatic rings. The topological polar surface area (TPSA) is 96.9 Å². The summed E-state index contributed by atoms with van der Waals surface area (Å²) in [5, 5.41) is 2.82. The highest BCUT2D eigenvalue weighted by Gasteiger charge is 2.25. The summed E-state index contributed by atoms with van der Waals surface area (Å²) in [5.41, 5.74) is 0.624. The molecule has 0 saturated carbocycles. The van der Waals surface area contributed by atoms with Gasteiger partial charge in [0.25, 0.3) is 17.4 Å². The van der Waals surface area contributed by atoms with Crippen molar-refractivity contribution in [1.29, 1.82) is 0 Å². The van der Waals surface area contributed by atoms with Crippen molar-refractivity contribution in [2.24, 2.45) is 5.92 Å². The summed E-state index contributed by atoms with van der Waals surface area (Å²) in [6.07, 6.45) is 7.58. The van der Waals surface area contributed by atoms with Gasteiger partial charge in [0.15, 0.2) is 0 Å². The van der Waals surface area contributed by atoms with Gasteiger partial charge in [-0.2, -0.15) is 0 Å². The van der Waals surface area contributed by atoms with Crippen LogP contribution in [0.2, 0.25) is 0 Å². The van der Waals surface area contributed by atoms with Crippen LogP contribution in [-0.2, 0) is 0 Å². The summed E-state index contributed by atoms with van der Waals surface area (Å²) in [6.45, 7) is 1.63. The number of hydrogen-bond acceptors (Lipinski definition) is 5. The highest BCUT2D eigenvalue weighted by molar-refractivity contribution is 5.94. The number of nitrogens with one attached hydrogen (secondary N) is 1. The molecule has 8 heteroatoms. The van der Waals surface area contributed by atoms with Crippen LogP contribution in [0.5, 0.6) is 0 Å².